The van der Waals surface area contributed by atoms with Gasteiger partial charge in [-0.3, -0.25) is 4.79 Å². The molecule has 2 N–H and O–H groups in total. The zero-order chi connectivity index (χ0) is 18.7. The number of nitrogens with one attached hydrogen (secondary N) is 1. The number of benzene rings is 3. The second kappa shape index (κ2) is 7.73. The van der Waals surface area contributed by atoms with Gasteiger partial charge in [-0.2, -0.15) is 0 Å². The van der Waals surface area contributed by atoms with Crippen LogP contribution in [0.3, 0.4) is 0 Å². The van der Waals surface area contributed by atoms with Crippen molar-refractivity contribution in [3.05, 3.63) is 99.6 Å². The predicted octanol–water partition coefficient (Wildman–Crippen LogP) is 5.29. The second-order valence-corrected chi connectivity index (χ2v) is 6.73. The van der Waals surface area contributed by atoms with Gasteiger partial charge in [-0.1, -0.05) is 48.0 Å². The molecular formula is C22H20ClNO2. The monoisotopic (exact) mass is 365 g/mol. The molecule has 0 radical (unpaired) electrons. The van der Waals surface area contributed by atoms with Gasteiger partial charge < -0.3 is 10.4 Å². The van der Waals surface area contributed by atoms with E-state index in [-0.39, 0.29) is 5.91 Å². The number of anilines is 1. The van der Waals surface area contributed by atoms with Crippen molar-refractivity contribution in [2.45, 2.75) is 20.0 Å². The molecule has 0 saturated carbocycles. The third-order valence-corrected chi connectivity index (χ3v) is 4.68. The maximum atomic E-state index is 12.6. The smallest absolute Gasteiger partial charge is 0.255 e. The lowest BCUT2D eigenvalue weighted by atomic mass is 9.99. The molecule has 3 aromatic carbocycles. The summed E-state index contributed by atoms with van der Waals surface area (Å²) in [6, 6.07) is 19.9. The molecule has 3 aromatic rings. The van der Waals surface area contributed by atoms with Crippen molar-refractivity contribution in [2.24, 2.45) is 0 Å². The summed E-state index contributed by atoms with van der Waals surface area (Å²) in [5.74, 6) is -0.225. The quantitative estimate of drug-likeness (QED) is 0.659. The van der Waals surface area contributed by atoms with E-state index in [4.69, 9.17) is 11.6 Å². The number of aliphatic hydroxyl groups excluding tert-OH is 1. The summed E-state index contributed by atoms with van der Waals surface area (Å²) in [5.41, 5.74) is 4.58. The fourth-order valence-corrected chi connectivity index (χ4v) is 2.95. The van der Waals surface area contributed by atoms with Crippen LogP contribution in [0.2, 0.25) is 5.02 Å². The van der Waals surface area contributed by atoms with Gasteiger partial charge in [0.2, 0.25) is 0 Å². The first-order valence-electron chi connectivity index (χ1n) is 8.37. The Balaban J connectivity index is 1.92. The standard InChI is InChI=1S/C22H20ClNO2/c1-14-8-9-17(12-15(14)2)22(26)24-20-11-10-18(23)13-19(20)21(25)16-6-4-3-5-7-16/h3-13,21,25H,1-2H3,(H,24,26)/t21-/m0/s1. The van der Waals surface area contributed by atoms with Crippen LogP contribution in [-0.4, -0.2) is 11.0 Å². The topological polar surface area (TPSA) is 49.3 Å². The first kappa shape index (κ1) is 18.2. The molecule has 0 aliphatic carbocycles. The maximum Gasteiger partial charge on any atom is 0.255 e. The van der Waals surface area contributed by atoms with E-state index in [1.54, 1.807) is 24.3 Å². The molecule has 1 amide bonds. The fraction of sp³-hybridized carbons (Fsp3) is 0.136. The molecule has 0 aromatic heterocycles. The van der Waals surface area contributed by atoms with Crippen LogP contribution in [0, 0.1) is 13.8 Å². The van der Waals surface area contributed by atoms with E-state index in [9.17, 15) is 9.90 Å². The molecule has 0 spiro atoms. The second-order valence-electron chi connectivity index (χ2n) is 6.30. The lowest BCUT2D eigenvalue weighted by molar-refractivity contribution is 0.102. The number of amides is 1. The van der Waals surface area contributed by atoms with E-state index in [0.717, 1.165) is 16.7 Å². The summed E-state index contributed by atoms with van der Waals surface area (Å²) in [6.07, 6.45) is -0.884. The van der Waals surface area contributed by atoms with Gasteiger partial charge in [-0.25, -0.2) is 0 Å². The molecule has 3 nitrogen and oxygen atoms in total. The highest BCUT2D eigenvalue weighted by Crippen LogP contribution is 2.31. The Hall–Kier alpha value is -2.62. The van der Waals surface area contributed by atoms with E-state index < -0.39 is 6.10 Å². The molecule has 3 rings (SSSR count). The highest BCUT2D eigenvalue weighted by molar-refractivity contribution is 6.30. The van der Waals surface area contributed by atoms with Gasteiger partial charge in [-0.05, 0) is 60.9 Å². The number of hydrogen-bond acceptors (Lipinski definition) is 2. The molecule has 0 unspecified atom stereocenters. The molecule has 1 atom stereocenters. The Morgan fingerprint density at radius 2 is 1.69 bits per heavy atom. The molecule has 0 bridgehead atoms. The Bertz CT molecular complexity index is 938. The van der Waals surface area contributed by atoms with Gasteiger partial charge in [0, 0.05) is 21.8 Å². The van der Waals surface area contributed by atoms with Crippen LogP contribution in [0.4, 0.5) is 5.69 Å². The van der Waals surface area contributed by atoms with Gasteiger partial charge >= 0.3 is 0 Å². The maximum absolute atomic E-state index is 12.6. The van der Waals surface area contributed by atoms with Gasteiger partial charge in [-0.15, -0.1) is 0 Å². The van der Waals surface area contributed by atoms with Crippen molar-refractivity contribution in [1.29, 1.82) is 0 Å². The Morgan fingerprint density at radius 1 is 0.962 bits per heavy atom. The highest BCUT2D eigenvalue weighted by Gasteiger charge is 2.17. The molecule has 26 heavy (non-hydrogen) atoms. The number of carbonyl (C=O) groups is 1. The molecule has 0 aliphatic rings. The normalized spacial score (nSPS) is 11.8. The van der Waals surface area contributed by atoms with E-state index in [1.807, 2.05) is 56.3 Å². The summed E-state index contributed by atoms with van der Waals surface area (Å²) in [6.45, 7) is 3.98. The van der Waals surface area contributed by atoms with E-state index in [0.29, 0.717) is 21.8 Å². The van der Waals surface area contributed by atoms with Crippen LogP contribution in [0.5, 0.6) is 0 Å². The van der Waals surface area contributed by atoms with E-state index >= 15 is 0 Å². The summed E-state index contributed by atoms with van der Waals surface area (Å²) >= 11 is 6.12. The average Bonchev–Trinajstić information content (AvgIpc) is 2.65. The summed E-state index contributed by atoms with van der Waals surface area (Å²) in [7, 11) is 0. The van der Waals surface area contributed by atoms with E-state index in [2.05, 4.69) is 5.32 Å². The number of aliphatic hydroxyl groups is 1. The minimum atomic E-state index is -0.884. The molecule has 0 saturated heterocycles. The van der Waals surface area contributed by atoms with Gasteiger partial charge in [0.1, 0.15) is 6.10 Å². The Morgan fingerprint density at radius 3 is 2.38 bits per heavy atom. The SMILES string of the molecule is Cc1ccc(C(=O)Nc2ccc(Cl)cc2[C@@H](O)c2ccccc2)cc1C. The Labute approximate surface area is 158 Å². The van der Waals surface area contributed by atoms with Crippen molar-refractivity contribution >= 4 is 23.2 Å². The number of rotatable bonds is 4. The number of carbonyl (C=O) groups excluding carboxylic acids is 1. The average molecular weight is 366 g/mol. The van der Waals surface area contributed by atoms with Crippen molar-refractivity contribution in [3.8, 4) is 0 Å². The lowest BCUT2D eigenvalue weighted by Gasteiger charge is -2.17. The predicted molar refractivity (Wildman–Crippen MR) is 106 cm³/mol. The Kier molecular flexibility index (Phi) is 5.40. The summed E-state index contributed by atoms with van der Waals surface area (Å²) in [5, 5.41) is 14.1. The van der Waals surface area contributed by atoms with Crippen LogP contribution >= 0.6 is 11.6 Å². The third kappa shape index (κ3) is 3.96. The molecular weight excluding hydrogens is 346 g/mol. The van der Waals surface area contributed by atoms with Gasteiger partial charge in [0.05, 0.1) is 0 Å². The first-order valence-corrected chi connectivity index (χ1v) is 8.74. The number of aryl methyl sites for hydroxylation is 2. The van der Waals surface area contributed by atoms with Crippen LogP contribution in [0.15, 0.2) is 66.7 Å². The molecule has 0 heterocycles. The zero-order valence-corrected chi connectivity index (χ0v) is 15.4. The molecule has 132 valence electrons. The zero-order valence-electron chi connectivity index (χ0n) is 14.7. The molecule has 4 heteroatoms. The van der Waals surface area contributed by atoms with Crippen LogP contribution < -0.4 is 5.32 Å². The molecule has 0 fully saturated rings. The number of halogens is 1. The minimum Gasteiger partial charge on any atom is -0.384 e. The number of hydrogen-bond donors (Lipinski definition) is 2. The van der Waals surface area contributed by atoms with Gasteiger partial charge in [0.15, 0.2) is 0 Å². The third-order valence-electron chi connectivity index (χ3n) is 4.44. The van der Waals surface area contributed by atoms with Crippen LogP contribution in [0.1, 0.15) is 38.7 Å². The highest BCUT2D eigenvalue weighted by atomic mass is 35.5. The summed E-state index contributed by atoms with van der Waals surface area (Å²) < 4.78 is 0. The van der Waals surface area contributed by atoms with Crippen molar-refractivity contribution in [2.75, 3.05) is 5.32 Å². The van der Waals surface area contributed by atoms with Crippen molar-refractivity contribution < 1.29 is 9.90 Å². The van der Waals surface area contributed by atoms with Crippen LogP contribution in [0.25, 0.3) is 0 Å². The summed E-state index contributed by atoms with van der Waals surface area (Å²) in [4.78, 5) is 12.6. The van der Waals surface area contributed by atoms with Gasteiger partial charge in [0.25, 0.3) is 5.91 Å². The fourth-order valence-electron chi connectivity index (χ4n) is 2.77. The lowest BCUT2D eigenvalue weighted by Crippen LogP contribution is -2.15. The molecule has 0 aliphatic heterocycles. The van der Waals surface area contributed by atoms with E-state index in [1.165, 1.54) is 0 Å². The van der Waals surface area contributed by atoms with Crippen LogP contribution in [-0.2, 0) is 0 Å². The first-order chi connectivity index (χ1) is 12.5. The van der Waals surface area contributed by atoms with Crippen molar-refractivity contribution in [1.82, 2.24) is 0 Å². The minimum absolute atomic E-state index is 0.225. The largest absolute Gasteiger partial charge is 0.384 e. The van der Waals surface area contributed by atoms with Crippen molar-refractivity contribution in [3.63, 3.8) is 0 Å².